The van der Waals surface area contributed by atoms with Gasteiger partial charge in [0.1, 0.15) is 6.04 Å². The number of halogens is 1. The Morgan fingerprint density at radius 1 is 1.47 bits per heavy atom. The summed E-state index contributed by atoms with van der Waals surface area (Å²) >= 11 is 7.09. The van der Waals surface area contributed by atoms with E-state index in [0.29, 0.717) is 28.8 Å². The SMILES string of the molecule is CCOC(=O)C1CCCCN1C(=O)c1ccc(Cl)s1. The lowest BCUT2D eigenvalue weighted by molar-refractivity contribution is -0.149. The van der Waals surface area contributed by atoms with E-state index in [1.54, 1.807) is 24.0 Å². The maximum atomic E-state index is 12.4. The molecule has 1 aliphatic rings. The summed E-state index contributed by atoms with van der Waals surface area (Å²) in [5.74, 6) is -0.437. The molecule has 2 rings (SSSR count). The fourth-order valence-corrected chi connectivity index (χ4v) is 3.23. The van der Waals surface area contributed by atoms with E-state index in [-0.39, 0.29) is 11.9 Å². The van der Waals surface area contributed by atoms with Gasteiger partial charge in [0.15, 0.2) is 0 Å². The molecule has 1 amide bonds. The van der Waals surface area contributed by atoms with Crippen molar-refractivity contribution >= 4 is 34.8 Å². The largest absolute Gasteiger partial charge is 0.464 e. The van der Waals surface area contributed by atoms with Gasteiger partial charge < -0.3 is 9.64 Å². The van der Waals surface area contributed by atoms with Crippen LogP contribution in [0.15, 0.2) is 12.1 Å². The molecule has 1 unspecified atom stereocenters. The Bertz CT molecular complexity index is 474. The molecular formula is C13H16ClNO3S. The predicted molar refractivity (Wildman–Crippen MR) is 74.6 cm³/mol. The predicted octanol–water partition coefficient (Wildman–Crippen LogP) is 2.96. The van der Waals surface area contributed by atoms with Gasteiger partial charge in [-0.1, -0.05) is 11.6 Å². The highest BCUT2D eigenvalue weighted by atomic mass is 35.5. The molecule has 1 fully saturated rings. The lowest BCUT2D eigenvalue weighted by Crippen LogP contribution is -2.48. The van der Waals surface area contributed by atoms with Crippen LogP contribution in [0.4, 0.5) is 0 Å². The van der Waals surface area contributed by atoms with Gasteiger partial charge in [-0.15, -0.1) is 11.3 Å². The van der Waals surface area contributed by atoms with Crippen molar-refractivity contribution in [2.24, 2.45) is 0 Å². The van der Waals surface area contributed by atoms with Gasteiger partial charge >= 0.3 is 5.97 Å². The Kier molecular flexibility index (Phi) is 4.82. The summed E-state index contributed by atoms with van der Waals surface area (Å²) in [6.45, 7) is 2.70. The van der Waals surface area contributed by atoms with Crippen molar-refractivity contribution in [3.8, 4) is 0 Å². The molecule has 1 saturated heterocycles. The standard InChI is InChI=1S/C13H16ClNO3S/c1-2-18-13(17)9-5-3-4-8-15(9)12(16)10-6-7-11(14)19-10/h6-7,9H,2-5,8H2,1H3. The van der Waals surface area contributed by atoms with Gasteiger partial charge in [-0.25, -0.2) is 4.79 Å². The van der Waals surface area contributed by atoms with E-state index < -0.39 is 6.04 Å². The van der Waals surface area contributed by atoms with E-state index >= 15 is 0 Å². The third-order valence-corrected chi connectivity index (χ3v) is 4.33. The fourth-order valence-electron chi connectivity index (χ4n) is 2.23. The third-order valence-electron chi connectivity index (χ3n) is 3.11. The highest BCUT2D eigenvalue weighted by Crippen LogP contribution is 2.26. The highest BCUT2D eigenvalue weighted by molar-refractivity contribution is 7.17. The van der Waals surface area contributed by atoms with Crippen LogP contribution >= 0.6 is 22.9 Å². The number of carbonyl (C=O) groups is 2. The van der Waals surface area contributed by atoms with Crippen molar-refractivity contribution in [3.63, 3.8) is 0 Å². The second-order valence-corrected chi connectivity index (χ2v) is 6.08. The van der Waals surface area contributed by atoms with E-state index in [1.807, 2.05) is 0 Å². The molecule has 0 radical (unpaired) electrons. The lowest BCUT2D eigenvalue weighted by Gasteiger charge is -2.33. The average Bonchev–Trinajstić information content (AvgIpc) is 2.85. The first kappa shape index (κ1) is 14.3. The van der Waals surface area contributed by atoms with Gasteiger partial charge in [-0.3, -0.25) is 4.79 Å². The minimum atomic E-state index is -0.456. The smallest absolute Gasteiger partial charge is 0.328 e. The van der Waals surface area contributed by atoms with E-state index in [9.17, 15) is 9.59 Å². The molecule has 0 saturated carbocycles. The Morgan fingerprint density at radius 3 is 2.89 bits per heavy atom. The number of esters is 1. The molecule has 104 valence electrons. The average molecular weight is 302 g/mol. The number of hydrogen-bond acceptors (Lipinski definition) is 4. The van der Waals surface area contributed by atoms with Gasteiger partial charge in [-0.2, -0.15) is 0 Å². The van der Waals surface area contributed by atoms with Crippen LogP contribution in [0.5, 0.6) is 0 Å². The number of carbonyl (C=O) groups excluding carboxylic acids is 2. The normalized spacial score (nSPS) is 19.3. The van der Waals surface area contributed by atoms with Crippen LogP contribution in [0.3, 0.4) is 0 Å². The minimum absolute atomic E-state index is 0.130. The Balaban J connectivity index is 2.15. The van der Waals surface area contributed by atoms with Crippen LogP contribution in [0.2, 0.25) is 4.34 Å². The van der Waals surface area contributed by atoms with Gasteiger partial charge in [-0.05, 0) is 38.3 Å². The molecule has 1 aliphatic heterocycles. The Hall–Kier alpha value is -1.07. The van der Waals surface area contributed by atoms with Crippen molar-refractivity contribution in [1.82, 2.24) is 4.90 Å². The minimum Gasteiger partial charge on any atom is -0.464 e. The Morgan fingerprint density at radius 2 is 2.26 bits per heavy atom. The Labute approximate surface area is 121 Å². The number of nitrogens with zero attached hydrogens (tertiary/aromatic N) is 1. The molecule has 4 nitrogen and oxygen atoms in total. The quantitative estimate of drug-likeness (QED) is 0.806. The molecule has 1 aromatic heterocycles. The third kappa shape index (κ3) is 3.28. The molecular weight excluding hydrogens is 286 g/mol. The molecule has 0 aliphatic carbocycles. The number of piperidine rings is 1. The first-order valence-corrected chi connectivity index (χ1v) is 7.56. The highest BCUT2D eigenvalue weighted by Gasteiger charge is 2.34. The second-order valence-electron chi connectivity index (χ2n) is 4.37. The summed E-state index contributed by atoms with van der Waals surface area (Å²) in [5.41, 5.74) is 0. The van der Waals surface area contributed by atoms with Gasteiger partial charge in [0.05, 0.1) is 15.8 Å². The van der Waals surface area contributed by atoms with E-state index in [1.165, 1.54) is 11.3 Å². The van der Waals surface area contributed by atoms with Crippen LogP contribution in [-0.4, -0.2) is 36.0 Å². The molecule has 0 bridgehead atoms. The van der Waals surface area contributed by atoms with Crippen LogP contribution in [-0.2, 0) is 9.53 Å². The van der Waals surface area contributed by atoms with Crippen LogP contribution in [0, 0.1) is 0 Å². The molecule has 2 heterocycles. The molecule has 0 aromatic carbocycles. The number of amides is 1. The summed E-state index contributed by atoms with van der Waals surface area (Å²) in [7, 11) is 0. The summed E-state index contributed by atoms with van der Waals surface area (Å²) in [6.07, 6.45) is 2.53. The zero-order chi connectivity index (χ0) is 13.8. The van der Waals surface area contributed by atoms with Crippen molar-refractivity contribution in [2.75, 3.05) is 13.2 Å². The summed E-state index contributed by atoms with van der Waals surface area (Å²) < 4.78 is 5.62. The molecule has 1 atom stereocenters. The van der Waals surface area contributed by atoms with E-state index in [0.717, 1.165) is 12.8 Å². The first-order valence-electron chi connectivity index (χ1n) is 6.36. The fraction of sp³-hybridized carbons (Fsp3) is 0.538. The van der Waals surface area contributed by atoms with Crippen molar-refractivity contribution < 1.29 is 14.3 Å². The van der Waals surface area contributed by atoms with Crippen LogP contribution in [0.25, 0.3) is 0 Å². The van der Waals surface area contributed by atoms with E-state index in [2.05, 4.69) is 0 Å². The molecule has 6 heteroatoms. The number of rotatable bonds is 3. The lowest BCUT2D eigenvalue weighted by atomic mass is 10.0. The number of hydrogen-bond donors (Lipinski definition) is 0. The zero-order valence-corrected chi connectivity index (χ0v) is 12.3. The number of ether oxygens (including phenoxy) is 1. The molecule has 0 N–H and O–H groups in total. The molecule has 1 aromatic rings. The van der Waals surface area contributed by atoms with Gasteiger partial charge in [0, 0.05) is 6.54 Å². The van der Waals surface area contributed by atoms with Gasteiger partial charge in [0.2, 0.25) is 0 Å². The van der Waals surface area contributed by atoms with Crippen molar-refractivity contribution in [1.29, 1.82) is 0 Å². The molecule has 19 heavy (non-hydrogen) atoms. The van der Waals surface area contributed by atoms with Gasteiger partial charge in [0.25, 0.3) is 5.91 Å². The summed E-state index contributed by atoms with van der Waals surface area (Å²) in [6, 6.07) is 2.94. The van der Waals surface area contributed by atoms with Crippen molar-refractivity contribution in [3.05, 3.63) is 21.3 Å². The maximum absolute atomic E-state index is 12.4. The zero-order valence-electron chi connectivity index (χ0n) is 10.7. The van der Waals surface area contributed by atoms with Crippen LogP contribution < -0.4 is 0 Å². The van der Waals surface area contributed by atoms with Crippen molar-refractivity contribution in [2.45, 2.75) is 32.2 Å². The summed E-state index contributed by atoms with van der Waals surface area (Å²) in [5, 5.41) is 0. The second kappa shape index (κ2) is 6.39. The number of likely N-dealkylation sites (tertiary alicyclic amines) is 1. The maximum Gasteiger partial charge on any atom is 0.328 e. The monoisotopic (exact) mass is 301 g/mol. The van der Waals surface area contributed by atoms with E-state index in [4.69, 9.17) is 16.3 Å². The molecule has 0 spiro atoms. The number of thiophene rings is 1. The summed E-state index contributed by atoms with van der Waals surface area (Å²) in [4.78, 5) is 26.5. The topological polar surface area (TPSA) is 46.6 Å². The first-order chi connectivity index (χ1) is 9.13. The van der Waals surface area contributed by atoms with Crippen LogP contribution in [0.1, 0.15) is 35.9 Å².